The fraction of sp³-hybridized carbons (Fsp3) is 0.462. The molecule has 1 heterocycles. The van der Waals surface area contributed by atoms with Crippen molar-refractivity contribution >= 4 is 25.0 Å². The van der Waals surface area contributed by atoms with Crippen molar-refractivity contribution in [1.82, 2.24) is 0 Å². The number of hydrogen-bond donors (Lipinski definition) is 1. The summed E-state index contributed by atoms with van der Waals surface area (Å²) in [6.45, 7) is 0.783. The van der Waals surface area contributed by atoms with Crippen LogP contribution in [-0.2, 0) is 11.0 Å². The Morgan fingerprint density at radius 3 is 2.40 bits per heavy atom. The summed E-state index contributed by atoms with van der Waals surface area (Å²) in [5, 5.41) is 8.91. The average molecular weight is 283 g/mol. The number of alkyl halides is 3. The van der Waals surface area contributed by atoms with Gasteiger partial charge in [-0.05, 0) is 18.9 Å². The minimum Gasteiger partial charge on any atom is -0.481 e. The lowest BCUT2D eigenvalue weighted by atomic mass is 9.90. The lowest BCUT2D eigenvalue weighted by molar-refractivity contribution is -0.142. The topological polar surface area (TPSA) is 40.5 Å². The zero-order valence-corrected chi connectivity index (χ0v) is 10.7. The molecule has 1 aliphatic heterocycles. The maximum Gasteiger partial charge on any atom is 0.416 e. The highest BCUT2D eigenvalue weighted by Crippen LogP contribution is 2.32. The first-order valence-electron chi connectivity index (χ1n) is 6.23. The minimum absolute atomic E-state index is 0.270. The number of anilines is 1. The van der Waals surface area contributed by atoms with Crippen LogP contribution in [0.1, 0.15) is 18.4 Å². The Bertz CT molecular complexity index is 511. The van der Waals surface area contributed by atoms with Gasteiger partial charge in [0.1, 0.15) is 7.85 Å². The van der Waals surface area contributed by atoms with Crippen LogP contribution in [-0.4, -0.2) is 32.0 Å². The van der Waals surface area contributed by atoms with Gasteiger partial charge in [0, 0.05) is 18.8 Å². The van der Waals surface area contributed by atoms with E-state index in [1.807, 2.05) is 0 Å². The monoisotopic (exact) mass is 283 g/mol. The molecule has 0 aliphatic carbocycles. The van der Waals surface area contributed by atoms with Gasteiger partial charge in [-0.1, -0.05) is 17.6 Å². The van der Waals surface area contributed by atoms with Crippen molar-refractivity contribution < 1.29 is 23.1 Å². The molecule has 0 amide bonds. The molecule has 2 rings (SSSR count). The predicted octanol–water partition coefficient (Wildman–Crippen LogP) is 1.80. The molecule has 1 N–H and O–H groups in total. The Morgan fingerprint density at radius 1 is 1.30 bits per heavy atom. The number of halogens is 3. The molecule has 0 bridgehead atoms. The second-order valence-electron chi connectivity index (χ2n) is 4.87. The Morgan fingerprint density at radius 2 is 1.90 bits per heavy atom. The van der Waals surface area contributed by atoms with Gasteiger partial charge in [-0.3, -0.25) is 4.79 Å². The lowest BCUT2D eigenvalue weighted by Gasteiger charge is -2.33. The van der Waals surface area contributed by atoms with Crippen LogP contribution in [0, 0.1) is 5.92 Å². The van der Waals surface area contributed by atoms with Crippen LogP contribution in [0.5, 0.6) is 0 Å². The van der Waals surface area contributed by atoms with Gasteiger partial charge in [0.05, 0.1) is 11.5 Å². The van der Waals surface area contributed by atoms with E-state index in [-0.39, 0.29) is 5.46 Å². The van der Waals surface area contributed by atoms with E-state index in [0.29, 0.717) is 31.6 Å². The van der Waals surface area contributed by atoms with Crippen LogP contribution >= 0.6 is 0 Å². The zero-order valence-electron chi connectivity index (χ0n) is 10.7. The molecule has 20 heavy (non-hydrogen) atoms. The van der Waals surface area contributed by atoms with E-state index in [1.54, 1.807) is 4.90 Å². The first-order valence-corrected chi connectivity index (χ1v) is 6.23. The van der Waals surface area contributed by atoms with Gasteiger partial charge >= 0.3 is 12.1 Å². The average Bonchev–Trinajstić information content (AvgIpc) is 2.38. The maximum atomic E-state index is 12.7. The highest BCUT2D eigenvalue weighted by molar-refractivity contribution is 6.35. The third kappa shape index (κ3) is 3.08. The molecule has 0 spiro atoms. The summed E-state index contributed by atoms with van der Waals surface area (Å²) in [4.78, 5) is 12.6. The molecule has 1 fully saturated rings. The maximum absolute atomic E-state index is 12.7. The number of aliphatic carboxylic acids is 1. The fourth-order valence-electron chi connectivity index (χ4n) is 2.36. The highest BCUT2D eigenvalue weighted by Gasteiger charge is 2.32. The first-order chi connectivity index (χ1) is 9.29. The van der Waals surface area contributed by atoms with Crippen LogP contribution in [0.3, 0.4) is 0 Å². The summed E-state index contributed by atoms with van der Waals surface area (Å²) in [6.07, 6.45) is -3.60. The van der Waals surface area contributed by atoms with Crippen molar-refractivity contribution in [3.63, 3.8) is 0 Å². The number of benzene rings is 1. The van der Waals surface area contributed by atoms with Gasteiger partial charge in [-0.2, -0.15) is 13.2 Å². The van der Waals surface area contributed by atoms with Gasteiger partial charge in [0.2, 0.25) is 0 Å². The summed E-state index contributed by atoms with van der Waals surface area (Å²) in [7, 11) is 5.73. The van der Waals surface area contributed by atoms with E-state index in [2.05, 4.69) is 0 Å². The van der Waals surface area contributed by atoms with Crippen LogP contribution in [0.4, 0.5) is 18.9 Å². The standard InChI is InChI=1S/C13H13BF3NO2/c14-10-2-1-9(13(15,16)17)7-11(10)18-5-3-8(4-6-18)12(19)20/h1-2,7-8H,3-6H2,(H,19,20). The van der Waals surface area contributed by atoms with Crippen molar-refractivity contribution in [1.29, 1.82) is 0 Å². The number of hydrogen-bond acceptors (Lipinski definition) is 2. The van der Waals surface area contributed by atoms with Gasteiger partial charge in [0.15, 0.2) is 0 Å². The number of carbonyl (C=O) groups is 1. The van der Waals surface area contributed by atoms with Crippen LogP contribution in [0.2, 0.25) is 0 Å². The number of nitrogens with zero attached hydrogens (tertiary/aromatic N) is 1. The smallest absolute Gasteiger partial charge is 0.416 e. The molecule has 0 unspecified atom stereocenters. The van der Waals surface area contributed by atoms with Gasteiger partial charge < -0.3 is 10.0 Å². The van der Waals surface area contributed by atoms with E-state index in [1.165, 1.54) is 6.07 Å². The molecule has 2 radical (unpaired) electrons. The van der Waals surface area contributed by atoms with E-state index in [0.717, 1.165) is 12.1 Å². The summed E-state index contributed by atoms with van der Waals surface area (Å²) in [6, 6.07) is 3.21. The molecule has 106 valence electrons. The summed E-state index contributed by atoms with van der Waals surface area (Å²) in [5.74, 6) is -1.29. The van der Waals surface area contributed by atoms with E-state index in [9.17, 15) is 18.0 Å². The largest absolute Gasteiger partial charge is 0.481 e. The quantitative estimate of drug-likeness (QED) is 0.841. The molecule has 1 aliphatic rings. The summed E-state index contributed by atoms with van der Waals surface area (Å²) < 4.78 is 38.1. The Kier molecular flexibility index (Phi) is 3.97. The van der Waals surface area contributed by atoms with Crippen molar-refractivity contribution in [3.05, 3.63) is 23.8 Å². The number of carboxylic acids is 1. The summed E-state index contributed by atoms with van der Waals surface area (Å²) >= 11 is 0. The van der Waals surface area contributed by atoms with Crippen LogP contribution < -0.4 is 10.4 Å². The minimum atomic E-state index is -4.41. The zero-order chi connectivity index (χ0) is 14.9. The molecule has 3 nitrogen and oxygen atoms in total. The molecule has 0 atom stereocenters. The third-order valence-corrected chi connectivity index (χ3v) is 3.54. The summed E-state index contributed by atoms with van der Waals surface area (Å²) in [5.41, 5.74) is -0.155. The van der Waals surface area contributed by atoms with E-state index < -0.39 is 23.6 Å². The lowest BCUT2D eigenvalue weighted by Crippen LogP contribution is -2.38. The van der Waals surface area contributed by atoms with Crippen molar-refractivity contribution in [2.24, 2.45) is 5.92 Å². The van der Waals surface area contributed by atoms with Gasteiger partial charge in [-0.15, -0.1) is 0 Å². The van der Waals surface area contributed by atoms with Crippen LogP contribution in [0.15, 0.2) is 18.2 Å². The molecular weight excluding hydrogens is 270 g/mol. The Balaban J connectivity index is 2.19. The number of rotatable bonds is 2. The number of piperidine rings is 1. The predicted molar refractivity (Wildman–Crippen MR) is 69.4 cm³/mol. The molecule has 1 aromatic rings. The third-order valence-electron chi connectivity index (χ3n) is 3.54. The van der Waals surface area contributed by atoms with Crippen LogP contribution in [0.25, 0.3) is 0 Å². The molecular formula is C13H13BF3NO2. The number of carboxylic acid groups (broad SMARTS) is 1. The Hall–Kier alpha value is -1.66. The normalized spacial score (nSPS) is 17.2. The highest BCUT2D eigenvalue weighted by atomic mass is 19.4. The van der Waals surface area contributed by atoms with Crippen molar-refractivity contribution in [3.8, 4) is 0 Å². The van der Waals surface area contributed by atoms with Gasteiger partial charge in [0.25, 0.3) is 0 Å². The van der Waals surface area contributed by atoms with E-state index >= 15 is 0 Å². The second kappa shape index (κ2) is 5.38. The van der Waals surface area contributed by atoms with E-state index in [4.69, 9.17) is 13.0 Å². The second-order valence-corrected chi connectivity index (χ2v) is 4.87. The van der Waals surface area contributed by atoms with Gasteiger partial charge in [-0.25, -0.2) is 0 Å². The Labute approximate surface area is 115 Å². The molecule has 7 heteroatoms. The van der Waals surface area contributed by atoms with Crippen molar-refractivity contribution in [2.75, 3.05) is 18.0 Å². The first kappa shape index (κ1) is 14.7. The SMILES string of the molecule is [B]c1ccc(C(F)(F)F)cc1N1CCC(C(=O)O)CC1. The van der Waals surface area contributed by atoms with Crippen molar-refractivity contribution in [2.45, 2.75) is 19.0 Å². The fourth-order valence-corrected chi connectivity index (χ4v) is 2.36. The molecule has 0 saturated carbocycles. The molecule has 0 aromatic heterocycles. The molecule has 1 saturated heterocycles. The molecule has 1 aromatic carbocycles.